The molecule has 0 heterocycles. The van der Waals surface area contributed by atoms with Crippen LogP contribution in [0.15, 0.2) is 24.3 Å². The van der Waals surface area contributed by atoms with Crippen LogP contribution in [0.2, 0.25) is 0 Å². The van der Waals surface area contributed by atoms with E-state index in [4.69, 9.17) is 11.0 Å². The summed E-state index contributed by atoms with van der Waals surface area (Å²) in [5.41, 5.74) is 6.88. The van der Waals surface area contributed by atoms with E-state index >= 15 is 0 Å². The SMILES string of the molecule is CN(Cc1ccc(C#N)cc1)C(=O)C1(N)CC1. The molecule has 1 aliphatic carbocycles. The Bertz CT molecular complexity index is 468. The summed E-state index contributed by atoms with van der Waals surface area (Å²) in [6, 6.07) is 9.29. The summed E-state index contributed by atoms with van der Waals surface area (Å²) >= 11 is 0. The number of carbonyl (C=O) groups excluding carboxylic acids is 1. The van der Waals surface area contributed by atoms with E-state index in [0.717, 1.165) is 18.4 Å². The van der Waals surface area contributed by atoms with Crippen LogP contribution in [-0.2, 0) is 11.3 Å². The number of nitriles is 1. The summed E-state index contributed by atoms with van der Waals surface area (Å²) in [5.74, 6) is 0.00172. The van der Waals surface area contributed by atoms with E-state index in [1.54, 1.807) is 24.1 Å². The van der Waals surface area contributed by atoms with Crippen molar-refractivity contribution in [2.45, 2.75) is 24.9 Å². The van der Waals surface area contributed by atoms with Crippen LogP contribution in [0, 0.1) is 11.3 Å². The molecule has 88 valence electrons. The van der Waals surface area contributed by atoms with Crippen LogP contribution >= 0.6 is 0 Å². The quantitative estimate of drug-likeness (QED) is 0.840. The average molecular weight is 229 g/mol. The smallest absolute Gasteiger partial charge is 0.242 e. The Hall–Kier alpha value is -1.86. The monoisotopic (exact) mass is 229 g/mol. The highest BCUT2D eigenvalue weighted by molar-refractivity contribution is 5.88. The number of hydrogen-bond acceptors (Lipinski definition) is 3. The molecule has 1 aliphatic rings. The second-order valence-corrected chi connectivity index (χ2v) is 4.63. The van der Waals surface area contributed by atoms with Gasteiger partial charge in [0.1, 0.15) is 0 Å². The van der Waals surface area contributed by atoms with Crippen molar-refractivity contribution in [3.8, 4) is 6.07 Å². The van der Waals surface area contributed by atoms with Crippen LogP contribution in [-0.4, -0.2) is 23.4 Å². The number of amides is 1. The molecule has 0 spiro atoms. The van der Waals surface area contributed by atoms with Gasteiger partial charge >= 0.3 is 0 Å². The molecule has 0 unspecified atom stereocenters. The highest BCUT2D eigenvalue weighted by atomic mass is 16.2. The molecule has 2 rings (SSSR count). The summed E-state index contributed by atoms with van der Waals surface area (Å²) in [6.45, 7) is 0.531. The molecular formula is C13H15N3O. The maximum atomic E-state index is 11.9. The fourth-order valence-electron chi connectivity index (χ4n) is 1.76. The van der Waals surface area contributed by atoms with Gasteiger partial charge in [0, 0.05) is 13.6 Å². The van der Waals surface area contributed by atoms with Gasteiger partial charge in [-0.2, -0.15) is 5.26 Å². The Morgan fingerprint density at radius 2 is 2.06 bits per heavy atom. The molecule has 0 radical (unpaired) electrons. The third-order valence-corrected chi connectivity index (χ3v) is 3.06. The predicted octanol–water partition coefficient (Wildman–Crippen LogP) is 1.01. The van der Waals surface area contributed by atoms with Crippen LogP contribution in [0.3, 0.4) is 0 Å². The lowest BCUT2D eigenvalue weighted by molar-refractivity contribution is -0.132. The second-order valence-electron chi connectivity index (χ2n) is 4.63. The summed E-state index contributed by atoms with van der Waals surface area (Å²) in [7, 11) is 1.76. The zero-order valence-corrected chi connectivity index (χ0v) is 9.81. The third-order valence-electron chi connectivity index (χ3n) is 3.06. The minimum absolute atomic E-state index is 0.00172. The van der Waals surface area contributed by atoms with E-state index in [2.05, 4.69) is 6.07 Å². The van der Waals surface area contributed by atoms with Gasteiger partial charge in [-0.3, -0.25) is 4.79 Å². The van der Waals surface area contributed by atoms with E-state index < -0.39 is 5.54 Å². The zero-order valence-electron chi connectivity index (χ0n) is 9.81. The first-order valence-corrected chi connectivity index (χ1v) is 5.59. The molecule has 1 aromatic carbocycles. The number of rotatable bonds is 3. The van der Waals surface area contributed by atoms with E-state index in [1.165, 1.54) is 0 Å². The normalized spacial score (nSPS) is 16.1. The number of carbonyl (C=O) groups is 1. The molecule has 4 nitrogen and oxygen atoms in total. The van der Waals surface area contributed by atoms with Crippen molar-refractivity contribution in [2.75, 3.05) is 7.05 Å². The molecule has 2 N–H and O–H groups in total. The molecule has 0 atom stereocenters. The van der Waals surface area contributed by atoms with E-state index in [-0.39, 0.29) is 5.91 Å². The minimum atomic E-state index is -0.610. The van der Waals surface area contributed by atoms with Gasteiger partial charge in [-0.1, -0.05) is 12.1 Å². The van der Waals surface area contributed by atoms with Gasteiger partial charge in [-0.25, -0.2) is 0 Å². The van der Waals surface area contributed by atoms with E-state index in [0.29, 0.717) is 12.1 Å². The molecule has 1 amide bonds. The van der Waals surface area contributed by atoms with Crippen molar-refractivity contribution in [3.05, 3.63) is 35.4 Å². The Morgan fingerprint density at radius 1 is 1.47 bits per heavy atom. The summed E-state index contributed by atoms with van der Waals surface area (Å²) in [5, 5.41) is 8.68. The predicted molar refractivity (Wildman–Crippen MR) is 63.8 cm³/mol. The van der Waals surface area contributed by atoms with Crippen molar-refractivity contribution >= 4 is 5.91 Å². The average Bonchev–Trinajstić information content (AvgIpc) is 3.08. The maximum Gasteiger partial charge on any atom is 0.242 e. The van der Waals surface area contributed by atoms with Crippen LogP contribution in [0.4, 0.5) is 0 Å². The van der Waals surface area contributed by atoms with Gasteiger partial charge in [0.05, 0.1) is 17.2 Å². The standard InChI is InChI=1S/C13H15N3O/c1-16(12(17)13(15)6-7-13)9-11-4-2-10(8-14)3-5-11/h2-5H,6-7,9,15H2,1H3. The van der Waals surface area contributed by atoms with Gasteiger partial charge in [0.25, 0.3) is 0 Å². The molecule has 0 bridgehead atoms. The Balaban J connectivity index is 2.00. The lowest BCUT2D eigenvalue weighted by Crippen LogP contribution is -2.43. The van der Waals surface area contributed by atoms with Gasteiger partial charge < -0.3 is 10.6 Å². The molecule has 0 aliphatic heterocycles. The number of nitrogens with two attached hydrogens (primary N) is 1. The lowest BCUT2D eigenvalue weighted by atomic mass is 10.1. The molecule has 4 heteroatoms. The number of benzene rings is 1. The number of likely N-dealkylation sites (N-methyl/N-ethyl adjacent to an activating group) is 1. The van der Waals surface area contributed by atoms with Gasteiger partial charge in [0.2, 0.25) is 5.91 Å². The summed E-state index contributed by atoms with van der Waals surface area (Å²) < 4.78 is 0. The van der Waals surface area contributed by atoms with Crippen molar-refractivity contribution in [1.29, 1.82) is 5.26 Å². The maximum absolute atomic E-state index is 11.9. The zero-order chi connectivity index (χ0) is 12.5. The van der Waals surface area contributed by atoms with E-state index in [9.17, 15) is 4.79 Å². The second kappa shape index (κ2) is 4.19. The molecule has 0 aromatic heterocycles. The molecule has 17 heavy (non-hydrogen) atoms. The highest BCUT2D eigenvalue weighted by Crippen LogP contribution is 2.34. The van der Waals surface area contributed by atoms with Crippen molar-refractivity contribution in [3.63, 3.8) is 0 Å². The van der Waals surface area contributed by atoms with Crippen molar-refractivity contribution in [2.24, 2.45) is 5.73 Å². The van der Waals surface area contributed by atoms with Crippen LogP contribution < -0.4 is 5.73 Å². The summed E-state index contributed by atoms with van der Waals surface area (Å²) in [6.07, 6.45) is 1.56. The van der Waals surface area contributed by atoms with Crippen LogP contribution in [0.1, 0.15) is 24.0 Å². The van der Waals surface area contributed by atoms with Gasteiger partial charge in [-0.15, -0.1) is 0 Å². The Morgan fingerprint density at radius 3 is 2.53 bits per heavy atom. The molecule has 0 saturated heterocycles. The minimum Gasteiger partial charge on any atom is -0.340 e. The topological polar surface area (TPSA) is 70.1 Å². The van der Waals surface area contributed by atoms with E-state index in [1.807, 2.05) is 12.1 Å². The highest BCUT2D eigenvalue weighted by Gasteiger charge is 2.47. The molecule has 1 saturated carbocycles. The van der Waals surface area contributed by atoms with Crippen LogP contribution in [0.25, 0.3) is 0 Å². The molecule has 1 fully saturated rings. The Kier molecular flexibility index (Phi) is 2.86. The van der Waals surface area contributed by atoms with Gasteiger partial charge in [0.15, 0.2) is 0 Å². The van der Waals surface area contributed by atoms with Gasteiger partial charge in [-0.05, 0) is 30.5 Å². The fraction of sp³-hybridized carbons (Fsp3) is 0.385. The van der Waals surface area contributed by atoms with Crippen molar-refractivity contribution in [1.82, 2.24) is 4.90 Å². The lowest BCUT2D eigenvalue weighted by Gasteiger charge is -2.20. The number of hydrogen-bond donors (Lipinski definition) is 1. The first-order valence-electron chi connectivity index (χ1n) is 5.59. The third kappa shape index (κ3) is 2.45. The largest absolute Gasteiger partial charge is 0.340 e. The number of nitrogens with zero attached hydrogens (tertiary/aromatic N) is 2. The Labute approximate surface area is 101 Å². The molecule has 1 aromatic rings. The first kappa shape index (κ1) is 11.6. The van der Waals surface area contributed by atoms with Crippen LogP contribution in [0.5, 0.6) is 0 Å². The summed E-state index contributed by atoms with van der Waals surface area (Å²) in [4.78, 5) is 13.6. The fourth-order valence-corrected chi connectivity index (χ4v) is 1.76. The van der Waals surface area contributed by atoms with Crippen molar-refractivity contribution < 1.29 is 4.79 Å². The first-order chi connectivity index (χ1) is 8.05. The molecular weight excluding hydrogens is 214 g/mol.